The Morgan fingerprint density at radius 1 is 0.767 bits per heavy atom. The molecule has 0 atom stereocenters. The molecule has 4 aromatic rings. The third-order valence-corrected chi connectivity index (χ3v) is 5.19. The SMILES string of the molecule is Cc1ccc(-c2cc(-c3ccccc3)cc(-c3ccc4c(c3)NC(=O)CO4)n2)cc1. The van der Waals surface area contributed by atoms with Gasteiger partial charge in [0.05, 0.1) is 17.1 Å². The molecule has 146 valence electrons. The van der Waals surface area contributed by atoms with Gasteiger partial charge in [-0.05, 0) is 48.4 Å². The molecule has 2 heterocycles. The Hall–Kier alpha value is -3.92. The minimum atomic E-state index is -0.147. The molecule has 0 radical (unpaired) electrons. The Morgan fingerprint density at radius 2 is 1.47 bits per heavy atom. The average Bonchev–Trinajstić information content (AvgIpc) is 2.79. The van der Waals surface area contributed by atoms with Crippen molar-refractivity contribution in [2.45, 2.75) is 6.92 Å². The van der Waals surface area contributed by atoms with Crippen molar-refractivity contribution in [2.75, 3.05) is 11.9 Å². The minimum absolute atomic E-state index is 0.0473. The van der Waals surface area contributed by atoms with Crippen molar-refractivity contribution in [1.82, 2.24) is 4.98 Å². The topological polar surface area (TPSA) is 51.2 Å². The normalized spacial score (nSPS) is 12.6. The molecule has 0 saturated carbocycles. The number of anilines is 1. The first kappa shape index (κ1) is 18.1. The maximum atomic E-state index is 11.7. The maximum absolute atomic E-state index is 11.7. The zero-order valence-corrected chi connectivity index (χ0v) is 16.6. The van der Waals surface area contributed by atoms with Crippen LogP contribution in [0.25, 0.3) is 33.6 Å². The molecule has 1 amide bonds. The van der Waals surface area contributed by atoms with Crippen LogP contribution in [0, 0.1) is 6.92 Å². The third kappa shape index (κ3) is 3.55. The fourth-order valence-corrected chi connectivity index (χ4v) is 3.59. The van der Waals surface area contributed by atoms with Gasteiger partial charge < -0.3 is 10.1 Å². The van der Waals surface area contributed by atoms with E-state index in [1.165, 1.54) is 5.56 Å². The number of nitrogens with one attached hydrogen (secondary N) is 1. The van der Waals surface area contributed by atoms with Gasteiger partial charge in [0.1, 0.15) is 5.75 Å². The molecule has 30 heavy (non-hydrogen) atoms. The first-order chi connectivity index (χ1) is 14.7. The molecular weight excluding hydrogens is 372 g/mol. The lowest BCUT2D eigenvalue weighted by atomic mass is 9.99. The van der Waals surface area contributed by atoms with Gasteiger partial charge in [0, 0.05) is 11.1 Å². The molecule has 0 fully saturated rings. The van der Waals surface area contributed by atoms with Crippen LogP contribution in [0.4, 0.5) is 5.69 Å². The van der Waals surface area contributed by atoms with Crippen LogP contribution in [-0.4, -0.2) is 17.5 Å². The number of carbonyl (C=O) groups is 1. The number of aromatic nitrogens is 1. The third-order valence-electron chi connectivity index (χ3n) is 5.19. The number of ether oxygens (including phenoxy) is 1. The van der Waals surface area contributed by atoms with E-state index in [0.29, 0.717) is 11.4 Å². The van der Waals surface area contributed by atoms with Crippen molar-refractivity contribution in [3.63, 3.8) is 0 Å². The fraction of sp³-hybridized carbons (Fsp3) is 0.0769. The molecule has 4 nitrogen and oxygen atoms in total. The van der Waals surface area contributed by atoms with E-state index in [1.54, 1.807) is 0 Å². The Morgan fingerprint density at radius 3 is 2.23 bits per heavy atom. The van der Waals surface area contributed by atoms with E-state index in [2.05, 4.69) is 60.8 Å². The summed E-state index contributed by atoms with van der Waals surface area (Å²) in [6.45, 7) is 2.12. The van der Waals surface area contributed by atoms with Crippen LogP contribution in [0.2, 0.25) is 0 Å². The summed E-state index contributed by atoms with van der Waals surface area (Å²) < 4.78 is 5.49. The smallest absolute Gasteiger partial charge is 0.262 e. The molecule has 0 unspecified atom stereocenters. The van der Waals surface area contributed by atoms with E-state index in [1.807, 2.05) is 36.4 Å². The molecule has 1 aromatic heterocycles. The molecule has 0 aliphatic carbocycles. The van der Waals surface area contributed by atoms with Crippen LogP contribution < -0.4 is 10.1 Å². The van der Waals surface area contributed by atoms with Crippen molar-refractivity contribution >= 4 is 11.6 Å². The summed E-state index contributed by atoms with van der Waals surface area (Å²) in [7, 11) is 0. The molecule has 5 rings (SSSR count). The van der Waals surface area contributed by atoms with Crippen LogP contribution >= 0.6 is 0 Å². The number of carbonyl (C=O) groups excluding carboxylic acids is 1. The average molecular weight is 392 g/mol. The van der Waals surface area contributed by atoms with Crippen molar-refractivity contribution in [1.29, 1.82) is 0 Å². The Kier molecular flexibility index (Phi) is 4.52. The summed E-state index contributed by atoms with van der Waals surface area (Å²) in [6.07, 6.45) is 0. The summed E-state index contributed by atoms with van der Waals surface area (Å²) in [5.74, 6) is 0.530. The number of aryl methyl sites for hydroxylation is 1. The predicted molar refractivity (Wildman–Crippen MR) is 119 cm³/mol. The number of nitrogens with zero attached hydrogens (tertiary/aromatic N) is 1. The van der Waals surface area contributed by atoms with Gasteiger partial charge in [-0.1, -0.05) is 60.2 Å². The summed E-state index contributed by atoms with van der Waals surface area (Å²) >= 11 is 0. The molecule has 0 spiro atoms. The second-order valence-electron chi connectivity index (χ2n) is 7.41. The molecule has 0 saturated heterocycles. The van der Waals surface area contributed by atoms with Crippen molar-refractivity contribution < 1.29 is 9.53 Å². The van der Waals surface area contributed by atoms with Gasteiger partial charge in [0.15, 0.2) is 6.61 Å². The molecular formula is C26H20N2O2. The summed E-state index contributed by atoms with van der Waals surface area (Å²) in [5, 5.41) is 2.88. The van der Waals surface area contributed by atoms with Gasteiger partial charge in [0.25, 0.3) is 5.91 Å². The highest BCUT2D eigenvalue weighted by Crippen LogP contribution is 2.35. The monoisotopic (exact) mass is 392 g/mol. The van der Waals surface area contributed by atoms with Gasteiger partial charge >= 0.3 is 0 Å². The molecule has 3 aromatic carbocycles. The number of pyridine rings is 1. The van der Waals surface area contributed by atoms with E-state index in [9.17, 15) is 4.79 Å². The second-order valence-corrected chi connectivity index (χ2v) is 7.41. The van der Waals surface area contributed by atoms with Gasteiger partial charge in [-0.25, -0.2) is 4.98 Å². The van der Waals surface area contributed by atoms with Crippen LogP contribution in [0.3, 0.4) is 0 Å². The first-order valence-electron chi connectivity index (χ1n) is 9.87. The lowest BCUT2D eigenvalue weighted by molar-refractivity contribution is -0.118. The summed E-state index contributed by atoms with van der Waals surface area (Å²) in [6, 6.07) is 28.6. The number of rotatable bonds is 3. The fourth-order valence-electron chi connectivity index (χ4n) is 3.59. The molecule has 1 aliphatic heterocycles. The van der Waals surface area contributed by atoms with E-state index in [-0.39, 0.29) is 12.5 Å². The first-order valence-corrected chi connectivity index (χ1v) is 9.87. The molecule has 4 heteroatoms. The van der Waals surface area contributed by atoms with Gasteiger partial charge in [0.2, 0.25) is 0 Å². The number of benzene rings is 3. The van der Waals surface area contributed by atoms with Gasteiger partial charge in [-0.3, -0.25) is 4.79 Å². The van der Waals surface area contributed by atoms with Gasteiger partial charge in [-0.2, -0.15) is 0 Å². The number of hydrogen-bond acceptors (Lipinski definition) is 3. The quantitative estimate of drug-likeness (QED) is 0.485. The van der Waals surface area contributed by atoms with Gasteiger partial charge in [-0.15, -0.1) is 0 Å². The Labute approximate surface area is 175 Å². The highest BCUT2D eigenvalue weighted by molar-refractivity contribution is 5.96. The van der Waals surface area contributed by atoms with Crippen molar-refractivity contribution in [3.05, 3.63) is 90.5 Å². The molecule has 1 aliphatic rings. The number of hydrogen-bond donors (Lipinski definition) is 1. The highest BCUT2D eigenvalue weighted by atomic mass is 16.5. The van der Waals surface area contributed by atoms with E-state index in [0.717, 1.165) is 33.6 Å². The summed E-state index contributed by atoms with van der Waals surface area (Å²) in [4.78, 5) is 16.7. The lowest BCUT2D eigenvalue weighted by Gasteiger charge is -2.18. The highest BCUT2D eigenvalue weighted by Gasteiger charge is 2.17. The molecule has 1 N–H and O–H groups in total. The zero-order chi connectivity index (χ0) is 20.5. The van der Waals surface area contributed by atoms with E-state index >= 15 is 0 Å². The predicted octanol–water partition coefficient (Wildman–Crippen LogP) is 5.72. The maximum Gasteiger partial charge on any atom is 0.262 e. The summed E-state index contributed by atoms with van der Waals surface area (Å²) in [5.41, 5.74) is 7.84. The van der Waals surface area contributed by atoms with Crippen molar-refractivity contribution in [2.24, 2.45) is 0 Å². The van der Waals surface area contributed by atoms with Crippen LogP contribution in [0.1, 0.15) is 5.56 Å². The van der Waals surface area contributed by atoms with Crippen LogP contribution in [-0.2, 0) is 4.79 Å². The number of fused-ring (bicyclic) bond motifs is 1. The Balaban J connectivity index is 1.66. The largest absolute Gasteiger partial charge is 0.482 e. The number of amides is 1. The standard InChI is InChI=1S/C26H20N2O2/c1-17-7-9-19(10-8-17)22-14-21(18-5-3-2-4-6-18)15-23(27-22)20-11-12-25-24(13-20)28-26(29)16-30-25/h2-15H,16H2,1H3,(H,28,29). The van der Waals surface area contributed by atoms with Crippen LogP contribution in [0.15, 0.2) is 84.9 Å². The van der Waals surface area contributed by atoms with Crippen LogP contribution in [0.5, 0.6) is 5.75 Å². The second kappa shape index (κ2) is 7.48. The van der Waals surface area contributed by atoms with Crippen molar-refractivity contribution in [3.8, 4) is 39.4 Å². The lowest BCUT2D eigenvalue weighted by Crippen LogP contribution is -2.25. The minimum Gasteiger partial charge on any atom is -0.482 e. The van der Waals surface area contributed by atoms with E-state index in [4.69, 9.17) is 9.72 Å². The molecule has 0 bridgehead atoms. The Bertz CT molecular complexity index is 1230. The zero-order valence-electron chi connectivity index (χ0n) is 16.6. The van der Waals surface area contributed by atoms with E-state index < -0.39 is 0 Å².